The van der Waals surface area contributed by atoms with Gasteiger partial charge in [-0.1, -0.05) is 41.5 Å². The molecule has 0 aromatic heterocycles. The van der Waals surface area contributed by atoms with Crippen molar-refractivity contribution in [1.82, 2.24) is 0 Å². The largest absolute Gasteiger partial charge is 0.399 e. The maximum Gasteiger partial charge on any atom is 0.333 e. The van der Waals surface area contributed by atoms with Gasteiger partial charge >= 0.3 is 9.28 Å². The molecule has 0 saturated carbocycles. The SMILES string of the molecule is CO[SiH](OC)[C@](S)(CC(C)C)[SiH2]C(C)(C)C(C)C. The van der Waals surface area contributed by atoms with E-state index < -0.39 is 18.8 Å². The summed E-state index contributed by atoms with van der Waals surface area (Å²) in [6.07, 6.45) is 1.11. The van der Waals surface area contributed by atoms with Crippen molar-refractivity contribution in [2.24, 2.45) is 11.8 Å². The van der Waals surface area contributed by atoms with Gasteiger partial charge in [-0.15, -0.1) is 0 Å². The van der Waals surface area contributed by atoms with E-state index in [-0.39, 0.29) is 3.99 Å². The van der Waals surface area contributed by atoms with E-state index in [1.807, 2.05) is 0 Å². The maximum atomic E-state index is 5.67. The first kappa shape index (κ1) is 18.7. The van der Waals surface area contributed by atoms with E-state index in [1.165, 1.54) is 0 Å². The lowest BCUT2D eigenvalue weighted by Crippen LogP contribution is -2.53. The average Bonchev–Trinajstić information content (AvgIpc) is 2.16. The maximum absolute atomic E-state index is 5.67. The van der Waals surface area contributed by atoms with E-state index in [0.717, 1.165) is 6.42 Å². The first-order valence-corrected chi connectivity index (χ1v) is 10.2. The first-order valence-electron chi connectivity index (χ1n) is 6.87. The van der Waals surface area contributed by atoms with Crippen LogP contribution in [-0.4, -0.2) is 37.0 Å². The van der Waals surface area contributed by atoms with Gasteiger partial charge in [-0.2, -0.15) is 12.6 Å². The van der Waals surface area contributed by atoms with Crippen LogP contribution in [0.2, 0.25) is 5.04 Å². The van der Waals surface area contributed by atoms with Crippen molar-refractivity contribution < 1.29 is 8.85 Å². The molecular formula is C13H32O2SSi2. The molecule has 0 aromatic rings. The van der Waals surface area contributed by atoms with E-state index in [2.05, 4.69) is 41.5 Å². The van der Waals surface area contributed by atoms with Gasteiger partial charge in [0.05, 0.1) is 0 Å². The topological polar surface area (TPSA) is 18.5 Å². The third kappa shape index (κ3) is 5.37. The normalized spacial score (nSPS) is 17.3. The predicted molar refractivity (Wildman–Crippen MR) is 89.8 cm³/mol. The summed E-state index contributed by atoms with van der Waals surface area (Å²) in [6.45, 7) is 13.9. The van der Waals surface area contributed by atoms with Gasteiger partial charge in [0.2, 0.25) is 0 Å². The lowest BCUT2D eigenvalue weighted by atomic mass is 9.99. The quantitative estimate of drug-likeness (QED) is 0.549. The second-order valence-electron chi connectivity index (χ2n) is 6.82. The standard InChI is InChI=1S/C13H32O2SSi2/c1-10(2)9-13(16,18(14-7)15-8)17-12(5,6)11(3)4/h10-11,16,18H,9,17H2,1-8H3/t13-/m0/s1. The molecule has 1 atom stereocenters. The number of rotatable bonds is 8. The number of thiol groups is 1. The van der Waals surface area contributed by atoms with Crippen molar-refractivity contribution in [3.63, 3.8) is 0 Å². The molecule has 0 N–H and O–H groups in total. The van der Waals surface area contributed by atoms with Crippen LogP contribution in [0.5, 0.6) is 0 Å². The highest BCUT2D eigenvalue weighted by Gasteiger charge is 2.44. The van der Waals surface area contributed by atoms with Crippen LogP contribution in [-0.2, 0) is 8.85 Å². The molecule has 0 aliphatic rings. The molecule has 5 heteroatoms. The molecular weight excluding hydrogens is 276 g/mol. The van der Waals surface area contributed by atoms with Crippen LogP contribution in [0.25, 0.3) is 0 Å². The highest BCUT2D eigenvalue weighted by Crippen LogP contribution is 2.40. The van der Waals surface area contributed by atoms with Gasteiger partial charge < -0.3 is 8.85 Å². The molecule has 2 nitrogen and oxygen atoms in total. The van der Waals surface area contributed by atoms with Gasteiger partial charge in [0.1, 0.15) is 0 Å². The molecule has 0 rings (SSSR count). The summed E-state index contributed by atoms with van der Waals surface area (Å²) < 4.78 is 11.4. The fourth-order valence-corrected chi connectivity index (χ4v) is 12.4. The Labute approximate surface area is 123 Å². The van der Waals surface area contributed by atoms with Gasteiger partial charge in [-0.25, -0.2) is 0 Å². The Morgan fingerprint density at radius 1 is 1.11 bits per heavy atom. The summed E-state index contributed by atoms with van der Waals surface area (Å²) >= 11 is 5.07. The van der Waals surface area contributed by atoms with E-state index in [4.69, 9.17) is 21.5 Å². The van der Waals surface area contributed by atoms with Crippen molar-refractivity contribution in [2.45, 2.75) is 57.0 Å². The van der Waals surface area contributed by atoms with Crippen LogP contribution in [0.4, 0.5) is 0 Å². The molecule has 0 spiro atoms. The molecule has 0 heterocycles. The first-order chi connectivity index (χ1) is 8.09. The lowest BCUT2D eigenvalue weighted by Gasteiger charge is -2.41. The minimum absolute atomic E-state index is 0.0332. The Morgan fingerprint density at radius 3 is 1.83 bits per heavy atom. The van der Waals surface area contributed by atoms with E-state index >= 15 is 0 Å². The number of hydrogen-bond donors (Lipinski definition) is 1. The fraction of sp³-hybridized carbons (Fsp3) is 1.00. The van der Waals surface area contributed by atoms with Crippen LogP contribution in [0.15, 0.2) is 0 Å². The Kier molecular flexibility index (Phi) is 7.77. The van der Waals surface area contributed by atoms with Gasteiger partial charge in [0, 0.05) is 27.7 Å². The summed E-state index contributed by atoms with van der Waals surface area (Å²) in [4.78, 5) is 0. The van der Waals surface area contributed by atoms with Crippen molar-refractivity contribution in [1.29, 1.82) is 0 Å². The third-order valence-electron chi connectivity index (χ3n) is 3.95. The summed E-state index contributed by atoms with van der Waals surface area (Å²) in [6, 6.07) is 0. The second-order valence-corrected chi connectivity index (χ2v) is 15.8. The highest BCUT2D eigenvalue weighted by atomic mass is 32.1. The van der Waals surface area contributed by atoms with E-state index in [0.29, 0.717) is 16.9 Å². The van der Waals surface area contributed by atoms with Crippen LogP contribution < -0.4 is 0 Å². The molecule has 110 valence electrons. The molecule has 0 aromatic carbocycles. The molecule has 0 fully saturated rings. The summed E-state index contributed by atoms with van der Waals surface area (Å²) in [5, 5.41) is 0.388. The van der Waals surface area contributed by atoms with Crippen LogP contribution >= 0.6 is 12.6 Å². The molecule has 0 unspecified atom stereocenters. The molecule has 0 aliphatic carbocycles. The molecule has 0 radical (unpaired) electrons. The van der Waals surface area contributed by atoms with Crippen molar-refractivity contribution >= 4 is 31.4 Å². The molecule has 18 heavy (non-hydrogen) atoms. The van der Waals surface area contributed by atoms with Crippen LogP contribution in [0.1, 0.15) is 48.0 Å². The minimum Gasteiger partial charge on any atom is -0.399 e. The van der Waals surface area contributed by atoms with E-state index in [9.17, 15) is 0 Å². The summed E-state index contributed by atoms with van der Waals surface area (Å²) in [5.41, 5.74) is 0. The van der Waals surface area contributed by atoms with E-state index in [1.54, 1.807) is 14.2 Å². The van der Waals surface area contributed by atoms with Crippen molar-refractivity contribution in [2.75, 3.05) is 14.2 Å². The number of hydrogen-bond acceptors (Lipinski definition) is 3. The Hall–Kier alpha value is 0.704. The fourth-order valence-electron chi connectivity index (χ4n) is 2.49. The zero-order valence-corrected chi connectivity index (χ0v) is 16.9. The van der Waals surface area contributed by atoms with Gasteiger partial charge in [0.15, 0.2) is 0 Å². The average molecular weight is 309 g/mol. The third-order valence-corrected chi connectivity index (χ3v) is 11.5. The lowest BCUT2D eigenvalue weighted by molar-refractivity contribution is 0.265. The van der Waals surface area contributed by atoms with Gasteiger partial charge in [-0.3, -0.25) is 0 Å². The van der Waals surface area contributed by atoms with Gasteiger partial charge in [0.25, 0.3) is 0 Å². The summed E-state index contributed by atoms with van der Waals surface area (Å²) in [7, 11) is 1.44. The molecule has 0 aliphatic heterocycles. The predicted octanol–water partition coefficient (Wildman–Crippen LogP) is 2.73. The zero-order valence-electron chi connectivity index (χ0n) is 13.4. The minimum atomic E-state index is -1.69. The van der Waals surface area contributed by atoms with Gasteiger partial charge in [-0.05, 0) is 23.3 Å². The summed E-state index contributed by atoms with van der Waals surface area (Å²) in [5.74, 6) is 1.32. The molecule has 0 bridgehead atoms. The highest BCUT2D eigenvalue weighted by molar-refractivity contribution is 7.85. The van der Waals surface area contributed by atoms with Crippen LogP contribution in [0.3, 0.4) is 0 Å². The molecule has 0 saturated heterocycles. The Bertz CT molecular complexity index is 243. The smallest absolute Gasteiger partial charge is 0.333 e. The van der Waals surface area contributed by atoms with Crippen molar-refractivity contribution in [3.05, 3.63) is 0 Å². The van der Waals surface area contributed by atoms with Crippen molar-refractivity contribution in [3.8, 4) is 0 Å². The Balaban J connectivity index is 5.09. The van der Waals surface area contributed by atoms with Crippen LogP contribution in [0, 0.1) is 11.8 Å². The zero-order chi connectivity index (χ0) is 14.6. The molecule has 0 amide bonds. The Morgan fingerprint density at radius 2 is 1.56 bits per heavy atom. The second kappa shape index (κ2) is 7.48. The monoisotopic (exact) mass is 308 g/mol.